The van der Waals surface area contributed by atoms with Gasteiger partial charge in [0.1, 0.15) is 5.82 Å². The number of pyridine rings is 1. The minimum absolute atomic E-state index is 0.0423. The number of hydrogen-bond donors (Lipinski definition) is 1. The van der Waals surface area contributed by atoms with Gasteiger partial charge in [-0.3, -0.25) is 0 Å². The summed E-state index contributed by atoms with van der Waals surface area (Å²) in [7, 11) is 0. The molecular weight excluding hydrogens is 204 g/mol. The largest absolute Gasteiger partial charge is 0.392 e. The molecule has 88 valence electrons. The number of aromatic nitrogens is 1. The normalized spacial score (nSPS) is 19.8. The van der Waals surface area contributed by atoms with Crippen LogP contribution in [0.25, 0.3) is 0 Å². The third-order valence-corrected chi connectivity index (χ3v) is 2.91. The second-order valence-corrected chi connectivity index (χ2v) is 4.70. The van der Waals surface area contributed by atoms with E-state index in [4.69, 9.17) is 9.84 Å². The molecule has 1 aromatic rings. The molecule has 0 spiro atoms. The van der Waals surface area contributed by atoms with Gasteiger partial charge in [0, 0.05) is 12.7 Å². The zero-order valence-electron chi connectivity index (χ0n) is 9.81. The van der Waals surface area contributed by atoms with Crippen LogP contribution in [0.2, 0.25) is 0 Å². The molecule has 1 aliphatic heterocycles. The lowest BCUT2D eigenvalue weighted by atomic mass is 10.0. The predicted octanol–water partition coefficient (Wildman–Crippen LogP) is 1.19. The van der Waals surface area contributed by atoms with Crippen molar-refractivity contribution in [2.45, 2.75) is 26.0 Å². The molecular formula is C12H18N2O2. The fourth-order valence-electron chi connectivity index (χ4n) is 1.99. The lowest BCUT2D eigenvalue weighted by Crippen LogP contribution is -2.53. The summed E-state index contributed by atoms with van der Waals surface area (Å²) in [6.45, 7) is 6.61. The molecule has 1 aliphatic rings. The number of rotatable bonds is 2. The van der Waals surface area contributed by atoms with Gasteiger partial charge < -0.3 is 14.7 Å². The number of hydrogen-bond acceptors (Lipinski definition) is 4. The maximum Gasteiger partial charge on any atom is 0.129 e. The van der Waals surface area contributed by atoms with E-state index in [0.717, 1.165) is 24.5 Å². The van der Waals surface area contributed by atoms with Gasteiger partial charge >= 0.3 is 0 Å². The van der Waals surface area contributed by atoms with Crippen LogP contribution in [0.5, 0.6) is 0 Å². The van der Waals surface area contributed by atoms with Crippen molar-refractivity contribution in [2.24, 2.45) is 0 Å². The number of morpholine rings is 1. The van der Waals surface area contributed by atoms with Crippen molar-refractivity contribution in [2.75, 3.05) is 24.7 Å². The Morgan fingerprint density at radius 1 is 1.56 bits per heavy atom. The Balaban J connectivity index is 2.27. The van der Waals surface area contributed by atoms with E-state index in [-0.39, 0.29) is 12.1 Å². The second kappa shape index (κ2) is 4.39. The van der Waals surface area contributed by atoms with Crippen LogP contribution in [0, 0.1) is 0 Å². The fraction of sp³-hybridized carbons (Fsp3) is 0.583. The van der Waals surface area contributed by atoms with Crippen molar-refractivity contribution in [1.29, 1.82) is 0 Å². The Kier molecular flexibility index (Phi) is 3.12. The third-order valence-electron chi connectivity index (χ3n) is 2.91. The lowest BCUT2D eigenvalue weighted by Gasteiger charge is -2.43. The molecule has 1 fully saturated rings. The summed E-state index contributed by atoms with van der Waals surface area (Å²) < 4.78 is 5.47. The van der Waals surface area contributed by atoms with E-state index in [9.17, 15) is 0 Å². The molecule has 0 aromatic carbocycles. The van der Waals surface area contributed by atoms with E-state index in [1.54, 1.807) is 6.20 Å². The standard InChI is InChI=1S/C12H18N2O2/c1-12(2)9-16-6-5-14(12)11-7-10(8-15)3-4-13-11/h3-4,7,15H,5-6,8-9H2,1-2H3. The van der Waals surface area contributed by atoms with Crippen molar-refractivity contribution >= 4 is 5.82 Å². The van der Waals surface area contributed by atoms with Crippen molar-refractivity contribution < 1.29 is 9.84 Å². The van der Waals surface area contributed by atoms with Gasteiger partial charge in [0.05, 0.1) is 25.4 Å². The van der Waals surface area contributed by atoms with E-state index in [2.05, 4.69) is 23.7 Å². The molecule has 4 nitrogen and oxygen atoms in total. The Hall–Kier alpha value is -1.13. The monoisotopic (exact) mass is 222 g/mol. The minimum atomic E-state index is -0.0423. The molecule has 0 saturated carbocycles. The van der Waals surface area contributed by atoms with Gasteiger partial charge in [-0.1, -0.05) is 0 Å². The Morgan fingerprint density at radius 2 is 2.38 bits per heavy atom. The van der Waals surface area contributed by atoms with E-state index in [0.29, 0.717) is 6.61 Å². The number of aliphatic hydroxyl groups is 1. The SMILES string of the molecule is CC1(C)COCCN1c1cc(CO)ccn1. The first kappa shape index (κ1) is 11.4. The quantitative estimate of drug-likeness (QED) is 0.816. The third kappa shape index (κ3) is 2.18. The van der Waals surface area contributed by atoms with Crippen LogP contribution in [0.3, 0.4) is 0 Å². The van der Waals surface area contributed by atoms with Crippen molar-refractivity contribution in [3.63, 3.8) is 0 Å². The molecule has 0 aliphatic carbocycles. The summed E-state index contributed by atoms with van der Waals surface area (Å²) in [5.41, 5.74) is 0.853. The Morgan fingerprint density at radius 3 is 3.06 bits per heavy atom. The van der Waals surface area contributed by atoms with Crippen molar-refractivity contribution in [3.8, 4) is 0 Å². The highest BCUT2D eigenvalue weighted by Gasteiger charge is 2.31. The first-order valence-electron chi connectivity index (χ1n) is 5.55. The van der Waals surface area contributed by atoms with Gasteiger partial charge in [-0.2, -0.15) is 0 Å². The van der Waals surface area contributed by atoms with Crippen LogP contribution in [0.4, 0.5) is 5.82 Å². The highest BCUT2D eigenvalue weighted by molar-refractivity contribution is 5.44. The van der Waals surface area contributed by atoms with Crippen molar-refractivity contribution in [1.82, 2.24) is 4.98 Å². The zero-order valence-corrected chi connectivity index (χ0v) is 9.81. The number of anilines is 1. The number of nitrogens with zero attached hydrogens (tertiary/aromatic N) is 2. The molecule has 2 rings (SSSR count). The highest BCUT2D eigenvalue weighted by atomic mass is 16.5. The first-order valence-corrected chi connectivity index (χ1v) is 5.55. The van der Waals surface area contributed by atoms with Crippen molar-refractivity contribution in [3.05, 3.63) is 23.9 Å². The van der Waals surface area contributed by atoms with E-state index >= 15 is 0 Å². The maximum atomic E-state index is 9.12. The molecule has 1 aromatic heterocycles. The van der Waals surface area contributed by atoms with Gasteiger partial charge in [-0.25, -0.2) is 4.98 Å². The van der Waals surface area contributed by atoms with Crippen LogP contribution >= 0.6 is 0 Å². The summed E-state index contributed by atoms with van der Waals surface area (Å²) in [5, 5.41) is 9.12. The second-order valence-electron chi connectivity index (χ2n) is 4.70. The maximum absolute atomic E-state index is 9.12. The van der Waals surface area contributed by atoms with Crippen LogP contribution in [-0.2, 0) is 11.3 Å². The summed E-state index contributed by atoms with van der Waals surface area (Å²) >= 11 is 0. The van der Waals surface area contributed by atoms with Crippen LogP contribution in [-0.4, -0.2) is 35.4 Å². The highest BCUT2D eigenvalue weighted by Crippen LogP contribution is 2.25. The van der Waals surface area contributed by atoms with Gasteiger partial charge in [-0.15, -0.1) is 0 Å². The average Bonchev–Trinajstić information content (AvgIpc) is 2.28. The first-order chi connectivity index (χ1) is 7.63. The number of aliphatic hydroxyl groups excluding tert-OH is 1. The van der Waals surface area contributed by atoms with E-state index in [1.165, 1.54) is 0 Å². The van der Waals surface area contributed by atoms with E-state index in [1.807, 2.05) is 12.1 Å². The van der Waals surface area contributed by atoms with Gasteiger partial charge in [-0.05, 0) is 31.5 Å². The summed E-state index contributed by atoms with van der Waals surface area (Å²) in [6, 6.07) is 3.77. The molecule has 1 saturated heterocycles. The average molecular weight is 222 g/mol. The predicted molar refractivity (Wildman–Crippen MR) is 62.4 cm³/mol. The van der Waals surface area contributed by atoms with Gasteiger partial charge in [0.2, 0.25) is 0 Å². The topological polar surface area (TPSA) is 45.6 Å². The molecule has 0 bridgehead atoms. The van der Waals surface area contributed by atoms with Gasteiger partial charge in [0.25, 0.3) is 0 Å². The van der Waals surface area contributed by atoms with Crippen LogP contribution < -0.4 is 4.90 Å². The molecule has 0 amide bonds. The van der Waals surface area contributed by atoms with Crippen LogP contribution in [0.15, 0.2) is 18.3 Å². The smallest absolute Gasteiger partial charge is 0.129 e. The Bertz CT molecular complexity index is 366. The zero-order chi connectivity index (χ0) is 11.6. The molecule has 2 heterocycles. The molecule has 4 heteroatoms. The molecule has 1 N–H and O–H groups in total. The Labute approximate surface area is 95.9 Å². The molecule has 16 heavy (non-hydrogen) atoms. The molecule has 0 unspecified atom stereocenters. The van der Waals surface area contributed by atoms with Gasteiger partial charge in [0.15, 0.2) is 0 Å². The molecule has 0 radical (unpaired) electrons. The van der Waals surface area contributed by atoms with E-state index < -0.39 is 0 Å². The minimum Gasteiger partial charge on any atom is -0.392 e. The summed E-state index contributed by atoms with van der Waals surface area (Å²) in [4.78, 5) is 6.60. The number of ether oxygens (including phenoxy) is 1. The molecule has 0 atom stereocenters. The summed E-state index contributed by atoms with van der Waals surface area (Å²) in [5.74, 6) is 0.917. The van der Waals surface area contributed by atoms with Crippen LogP contribution in [0.1, 0.15) is 19.4 Å². The lowest BCUT2D eigenvalue weighted by molar-refractivity contribution is 0.0639. The summed E-state index contributed by atoms with van der Waals surface area (Å²) in [6.07, 6.45) is 1.74. The fourth-order valence-corrected chi connectivity index (χ4v) is 1.99.